The fourth-order valence-electron chi connectivity index (χ4n) is 2.75. The molecule has 0 amide bonds. The maximum absolute atomic E-state index is 13.3. The van der Waals surface area contributed by atoms with Crippen LogP contribution >= 0.6 is 0 Å². The quantitative estimate of drug-likeness (QED) is 0.292. The molecule has 13 heteroatoms. The van der Waals surface area contributed by atoms with Gasteiger partial charge in [0.2, 0.25) is 10.0 Å². The van der Waals surface area contributed by atoms with Crippen LogP contribution in [0, 0.1) is 0 Å². The van der Waals surface area contributed by atoms with E-state index in [1.165, 1.54) is 24.3 Å². The van der Waals surface area contributed by atoms with Gasteiger partial charge in [-0.15, -0.1) is 0 Å². The van der Waals surface area contributed by atoms with Crippen LogP contribution < -0.4 is 15.8 Å². The molecule has 8 nitrogen and oxygen atoms in total. The number of nitrogens with one attached hydrogen (secondary N) is 2. The van der Waals surface area contributed by atoms with Crippen molar-refractivity contribution in [2.75, 3.05) is 13.1 Å². The molecule has 1 rings (SSSR count). The molecule has 4 N–H and O–H groups in total. The molecule has 0 aromatic heterocycles. The van der Waals surface area contributed by atoms with Gasteiger partial charge in [-0.05, 0) is 57.2 Å². The molecule has 0 radical (unpaired) electrons. The predicted molar refractivity (Wildman–Crippen MR) is 146 cm³/mol. The summed E-state index contributed by atoms with van der Waals surface area (Å²) in [5.74, 6) is -0.532. The maximum Gasteiger partial charge on any atom is 0.408 e. The summed E-state index contributed by atoms with van der Waals surface area (Å²) in [5, 5.41) is 11.0. The fourth-order valence-corrected chi connectivity index (χ4v) is 3.34. The second-order valence-corrected chi connectivity index (χ2v) is 9.57. The summed E-state index contributed by atoms with van der Waals surface area (Å²) in [4.78, 5) is 12.2. The topological polar surface area (TPSA) is 121 Å². The fraction of sp³-hybridized carbons (Fsp3) is 0.320. The van der Waals surface area contributed by atoms with Crippen molar-refractivity contribution in [2.24, 2.45) is 20.1 Å². The third-order valence-corrected chi connectivity index (χ3v) is 5.55. The largest absolute Gasteiger partial charge is 0.408 e. The smallest absolute Gasteiger partial charge is 0.350 e. The standard InChI is InChI=1S/C25H32F4N6O2S/c1-6-20(26)9-8-10-21-12-11-18(4)33-24(35-23(19(5)34-21)32-16-25(27,28)29)31-14-13-17(3)15-22(7-2)38(30,36)37/h6-13,15,18-19H,1-2,14,16H2,3-5H3,(H2,30,36,37)(H2,31,32,33,35)/b10-8+,12-11-,17-13+,20-9+,22-15+,34-21?. The van der Waals surface area contributed by atoms with Crippen molar-refractivity contribution in [3.63, 3.8) is 0 Å². The van der Waals surface area contributed by atoms with E-state index in [0.717, 1.165) is 12.2 Å². The van der Waals surface area contributed by atoms with E-state index in [2.05, 4.69) is 38.8 Å². The van der Waals surface area contributed by atoms with Gasteiger partial charge in [0.1, 0.15) is 24.2 Å². The van der Waals surface area contributed by atoms with Gasteiger partial charge in [-0.1, -0.05) is 37.0 Å². The number of rotatable bonds is 9. The molecule has 0 spiro atoms. The summed E-state index contributed by atoms with van der Waals surface area (Å²) in [6.07, 6.45) is 7.96. The number of primary sulfonamides is 1. The van der Waals surface area contributed by atoms with Crippen LogP contribution in [0.3, 0.4) is 0 Å². The van der Waals surface area contributed by atoms with Crippen molar-refractivity contribution in [1.82, 2.24) is 10.6 Å². The highest BCUT2D eigenvalue weighted by atomic mass is 32.2. The van der Waals surface area contributed by atoms with Crippen molar-refractivity contribution in [1.29, 1.82) is 0 Å². The van der Waals surface area contributed by atoms with E-state index in [-0.39, 0.29) is 29.3 Å². The first-order valence-corrected chi connectivity index (χ1v) is 12.8. The number of hydrogen-bond donors (Lipinski definition) is 3. The number of alkyl halides is 3. The summed E-state index contributed by atoms with van der Waals surface area (Å²) in [6.45, 7) is 10.3. The number of hydrogen-bond acceptors (Lipinski definition) is 5. The van der Waals surface area contributed by atoms with E-state index in [9.17, 15) is 26.0 Å². The summed E-state index contributed by atoms with van der Waals surface area (Å²) in [5.41, 5.74) is 0.896. The number of halogens is 4. The minimum atomic E-state index is -4.54. The van der Waals surface area contributed by atoms with E-state index < -0.39 is 34.6 Å². The summed E-state index contributed by atoms with van der Waals surface area (Å²) < 4.78 is 75.2. The minimum Gasteiger partial charge on any atom is -0.350 e. The zero-order valence-electron chi connectivity index (χ0n) is 21.3. The van der Waals surface area contributed by atoms with Crippen LogP contribution in [0.1, 0.15) is 20.8 Å². The molecule has 208 valence electrons. The molecule has 1 heterocycles. The average molecular weight is 557 g/mol. The summed E-state index contributed by atoms with van der Waals surface area (Å²) in [6, 6.07) is -1.20. The zero-order valence-corrected chi connectivity index (χ0v) is 22.2. The Balaban J connectivity index is 3.37. The molecule has 0 bridgehead atoms. The number of nitrogens with zero attached hydrogens (tertiary/aromatic N) is 3. The highest BCUT2D eigenvalue weighted by Gasteiger charge is 2.27. The number of allylic oxidation sites excluding steroid dienone is 9. The number of nitrogens with two attached hydrogens (primary N) is 1. The second-order valence-electron chi connectivity index (χ2n) is 8.01. The lowest BCUT2D eigenvalue weighted by Crippen LogP contribution is -2.48. The van der Waals surface area contributed by atoms with Gasteiger partial charge in [-0.2, -0.15) is 13.2 Å². The molecule has 0 aromatic carbocycles. The SMILES string of the molecule is C=C/C(F)=C\C=C\C1=NC(C)C(=NCC(F)(F)F)NC(=NC/C=C(C)/C=C(\C=C)S(N)(=O)=O)NC(C)/C=C\1. The van der Waals surface area contributed by atoms with Crippen LogP contribution in [0.25, 0.3) is 0 Å². The molecule has 38 heavy (non-hydrogen) atoms. The number of sulfonamides is 1. The van der Waals surface area contributed by atoms with Gasteiger partial charge >= 0.3 is 6.18 Å². The molecule has 0 saturated carbocycles. The number of amidine groups is 1. The molecule has 2 atom stereocenters. The van der Waals surface area contributed by atoms with Crippen LogP contribution in [-0.2, 0) is 10.0 Å². The monoisotopic (exact) mass is 556 g/mol. The Morgan fingerprint density at radius 1 is 1.24 bits per heavy atom. The Morgan fingerprint density at radius 2 is 1.92 bits per heavy atom. The average Bonchev–Trinajstić information content (AvgIpc) is 2.81. The van der Waals surface area contributed by atoms with E-state index in [1.807, 2.05) is 0 Å². The predicted octanol–water partition coefficient (Wildman–Crippen LogP) is 4.17. The van der Waals surface area contributed by atoms with Crippen molar-refractivity contribution in [3.8, 4) is 0 Å². The van der Waals surface area contributed by atoms with Crippen LogP contribution in [0.2, 0.25) is 0 Å². The Morgan fingerprint density at radius 3 is 2.50 bits per heavy atom. The lowest BCUT2D eigenvalue weighted by molar-refractivity contribution is -0.118. The highest BCUT2D eigenvalue weighted by Crippen LogP contribution is 2.15. The molecule has 0 fully saturated rings. The first kappa shape index (κ1) is 32.4. The maximum atomic E-state index is 13.3. The van der Waals surface area contributed by atoms with Crippen LogP contribution in [0.4, 0.5) is 17.6 Å². The van der Waals surface area contributed by atoms with Gasteiger partial charge in [-0.3, -0.25) is 9.98 Å². The zero-order chi connectivity index (χ0) is 28.9. The first-order valence-electron chi connectivity index (χ1n) is 11.3. The lowest BCUT2D eigenvalue weighted by Gasteiger charge is -2.21. The molecular formula is C25H32F4N6O2S. The molecule has 2 unspecified atom stereocenters. The Kier molecular flexibility index (Phi) is 12.8. The molecule has 1 aliphatic rings. The Bertz CT molecular complexity index is 1220. The van der Waals surface area contributed by atoms with E-state index >= 15 is 0 Å². The van der Waals surface area contributed by atoms with Gasteiger partial charge in [0.15, 0.2) is 5.96 Å². The van der Waals surface area contributed by atoms with E-state index in [1.54, 1.807) is 39.0 Å². The van der Waals surface area contributed by atoms with Crippen LogP contribution in [-0.4, -0.2) is 57.3 Å². The van der Waals surface area contributed by atoms with E-state index in [4.69, 9.17) is 5.14 Å². The molecule has 0 saturated heterocycles. The van der Waals surface area contributed by atoms with Gasteiger partial charge < -0.3 is 10.6 Å². The van der Waals surface area contributed by atoms with Crippen molar-refractivity contribution >= 4 is 27.5 Å². The van der Waals surface area contributed by atoms with Gasteiger partial charge in [0, 0.05) is 6.04 Å². The minimum absolute atomic E-state index is 0.0442. The van der Waals surface area contributed by atoms with Gasteiger partial charge in [0.05, 0.1) is 17.2 Å². The van der Waals surface area contributed by atoms with E-state index in [0.29, 0.717) is 11.3 Å². The number of aliphatic imine (C=N–C) groups is 3. The first-order chi connectivity index (χ1) is 17.6. The van der Waals surface area contributed by atoms with Crippen molar-refractivity contribution in [2.45, 2.75) is 39.0 Å². The Labute approximate surface area is 220 Å². The highest BCUT2D eigenvalue weighted by molar-refractivity contribution is 7.93. The molecular weight excluding hydrogens is 524 g/mol. The Hall–Kier alpha value is -3.58. The molecule has 0 aromatic rings. The third kappa shape index (κ3) is 13.1. The summed E-state index contributed by atoms with van der Waals surface area (Å²) >= 11 is 0. The molecule has 1 aliphatic heterocycles. The second kappa shape index (κ2) is 15.0. The summed E-state index contributed by atoms with van der Waals surface area (Å²) in [7, 11) is -3.94. The number of guanidine groups is 1. The lowest BCUT2D eigenvalue weighted by atomic mass is 10.2. The third-order valence-electron chi connectivity index (χ3n) is 4.61. The van der Waals surface area contributed by atoms with Crippen molar-refractivity contribution < 1.29 is 26.0 Å². The van der Waals surface area contributed by atoms with Gasteiger partial charge in [-0.25, -0.2) is 22.9 Å². The van der Waals surface area contributed by atoms with Crippen LogP contribution in [0.15, 0.2) is 99.1 Å². The molecule has 0 aliphatic carbocycles. The van der Waals surface area contributed by atoms with Crippen LogP contribution in [0.5, 0.6) is 0 Å². The van der Waals surface area contributed by atoms with Gasteiger partial charge in [0.25, 0.3) is 0 Å². The van der Waals surface area contributed by atoms with Crippen molar-refractivity contribution in [3.05, 3.63) is 84.1 Å². The normalized spacial score (nSPS) is 23.6.